The standard InChI is InChI=1S/C17H19N3O4S2/c21-14(18-6-3-15-19-12(10-26-15)17(23)24)1-2-16(22)20-7-4-13-11(9-20)5-8-25-13/h5,8,10H,1-4,6-7,9H2,(H,18,21)(H,23,24). The lowest BCUT2D eigenvalue weighted by Gasteiger charge is -2.27. The molecule has 138 valence electrons. The molecule has 26 heavy (non-hydrogen) atoms. The largest absolute Gasteiger partial charge is 0.476 e. The molecule has 0 unspecified atom stereocenters. The molecule has 0 aromatic carbocycles. The normalized spacial score (nSPS) is 13.3. The molecule has 2 aromatic heterocycles. The molecule has 0 saturated heterocycles. The molecule has 9 heteroatoms. The minimum atomic E-state index is -1.05. The van der Waals surface area contributed by atoms with Gasteiger partial charge in [0.25, 0.3) is 0 Å². The number of hydrogen-bond donors (Lipinski definition) is 2. The Balaban J connectivity index is 1.36. The topological polar surface area (TPSA) is 99.6 Å². The Morgan fingerprint density at radius 2 is 2.12 bits per heavy atom. The van der Waals surface area contributed by atoms with Crippen LogP contribution in [0.25, 0.3) is 0 Å². The maximum Gasteiger partial charge on any atom is 0.355 e. The number of aromatic nitrogens is 1. The minimum Gasteiger partial charge on any atom is -0.476 e. The highest BCUT2D eigenvalue weighted by molar-refractivity contribution is 7.10. The molecule has 7 nitrogen and oxygen atoms in total. The molecule has 2 amide bonds. The molecule has 1 aliphatic heterocycles. The van der Waals surface area contributed by atoms with Crippen LogP contribution in [0.3, 0.4) is 0 Å². The summed E-state index contributed by atoms with van der Waals surface area (Å²) < 4.78 is 0. The van der Waals surface area contributed by atoms with Crippen molar-refractivity contribution in [3.8, 4) is 0 Å². The number of rotatable bonds is 7. The molecular formula is C17H19N3O4S2. The molecule has 0 bridgehead atoms. The van der Waals surface area contributed by atoms with Crippen LogP contribution in [0, 0.1) is 0 Å². The van der Waals surface area contributed by atoms with E-state index >= 15 is 0 Å². The van der Waals surface area contributed by atoms with Gasteiger partial charge in [-0.2, -0.15) is 0 Å². The Kier molecular flexibility index (Phi) is 6.00. The van der Waals surface area contributed by atoms with Gasteiger partial charge in [-0.3, -0.25) is 9.59 Å². The van der Waals surface area contributed by atoms with Gasteiger partial charge in [0.15, 0.2) is 5.69 Å². The highest BCUT2D eigenvalue weighted by atomic mass is 32.1. The Morgan fingerprint density at radius 3 is 2.88 bits per heavy atom. The predicted octanol–water partition coefficient (Wildman–Crippen LogP) is 1.93. The first-order valence-corrected chi connectivity index (χ1v) is 10.1. The Hall–Kier alpha value is -2.26. The summed E-state index contributed by atoms with van der Waals surface area (Å²) in [6.07, 6.45) is 1.72. The first-order chi connectivity index (χ1) is 12.5. The van der Waals surface area contributed by atoms with Crippen molar-refractivity contribution in [1.82, 2.24) is 15.2 Å². The first kappa shape index (κ1) is 18.5. The van der Waals surface area contributed by atoms with Gasteiger partial charge in [0.05, 0.1) is 5.01 Å². The van der Waals surface area contributed by atoms with Gasteiger partial charge >= 0.3 is 5.97 Å². The molecule has 0 spiro atoms. The van der Waals surface area contributed by atoms with Crippen LogP contribution in [0.2, 0.25) is 0 Å². The molecule has 0 radical (unpaired) electrons. The highest BCUT2D eigenvalue weighted by Crippen LogP contribution is 2.24. The fourth-order valence-electron chi connectivity index (χ4n) is 2.76. The van der Waals surface area contributed by atoms with Crippen molar-refractivity contribution in [3.05, 3.63) is 38.0 Å². The van der Waals surface area contributed by atoms with Crippen LogP contribution < -0.4 is 5.32 Å². The summed E-state index contributed by atoms with van der Waals surface area (Å²) in [7, 11) is 0. The summed E-state index contributed by atoms with van der Waals surface area (Å²) in [4.78, 5) is 42.1. The van der Waals surface area contributed by atoms with Gasteiger partial charge in [-0.1, -0.05) is 0 Å². The lowest BCUT2D eigenvalue weighted by atomic mass is 10.1. The summed E-state index contributed by atoms with van der Waals surface area (Å²) in [6.45, 7) is 1.72. The van der Waals surface area contributed by atoms with Crippen LogP contribution in [-0.2, 0) is 29.0 Å². The van der Waals surface area contributed by atoms with Crippen molar-refractivity contribution in [2.75, 3.05) is 13.1 Å². The molecule has 3 heterocycles. The summed E-state index contributed by atoms with van der Waals surface area (Å²) in [5.74, 6) is -1.23. The number of aromatic carboxylic acids is 1. The molecule has 1 aliphatic rings. The van der Waals surface area contributed by atoms with Crippen molar-refractivity contribution >= 4 is 40.5 Å². The van der Waals surface area contributed by atoms with E-state index in [9.17, 15) is 14.4 Å². The van der Waals surface area contributed by atoms with Crippen molar-refractivity contribution < 1.29 is 19.5 Å². The van der Waals surface area contributed by atoms with Gasteiger partial charge in [-0.05, 0) is 23.4 Å². The lowest BCUT2D eigenvalue weighted by Crippen LogP contribution is -2.36. The maximum atomic E-state index is 12.3. The number of amides is 2. The Labute approximate surface area is 158 Å². The molecular weight excluding hydrogens is 374 g/mol. The van der Waals surface area contributed by atoms with E-state index in [1.54, 1.807) is 11.3 Å². The summed E-state index contributed by atoms with van der Waals surface area (Å²) in [6, 6.07) is 2.06. The third kappa shape index (κ3) is 4.67. The van der Waals surface area contributed by atoms with E-state index < -0.39 is 5.97 Å². The summed E-state index contributed by atoms with van der Waals surface area (Å²) in [5.41, 5.74) is 1.24. The Morgan fingerprint density at radius 1 is 1.27 bits per heavy atom. The molecule has 0 saturated carbocycles. The summed E-state index contributed by atoms with van der Waals surface area (Å²) in [5, 5.41) is 15.8. The van der Waals surface area contributed by atoms with Crippen molar-refractivity contribution in [2.24, 2.45) is 0 Å². The average Bonchev–Trinajstić information content (AvgIpc) is 3.28. The number of carbonyl (C=O) groups is 3. The molecule has 3 rings (SSSR count). The molecule has 0 atom stereocenters. The van der Waals surface area contributed by atoms with E-state index in [-0.39, 0.29) is 30.3 Å². The quantitative estimate of drug-likeness (QED) is 0.749. The zero-order valence-electron chi connectivity index (χ0n) is 14.1. The zero-order chi connectivity index (χ0) is 18.5. The zero-order valence-corrected chi connectivity index (χ0v) is 15.7. The van der Waals surface area contributed by atoms with E-state index in [0.29, 0.717) is 31.1 Å². The number of carbonyl (C=O) groups excluding carboxylic acids is 2. The van der Waals surface area contributed by atoms with E-state index in [1.807, 2.05) is 10.3 Å². The predicted molar refractivity (Wildman–Crippen MR) is 98.5 cm³/mol. The fraction of sp³-hybridized carbons (Fsp3) is 0.412. The van der Waals surface area contributed by atoms with Crippen molar-refractivity contribution in [3.63, 3.8) is 0 Å². The SMILES string of the molecule is O=C(CCC(=O)N1CCc2sccc2C1)NCCc1nc(C(=O)O)cs1. The van der Waals surface area contributed by atoms with Gasteiger partial charge < -0.3 is 15.3 Å². The van der Waals surface area contributed by atoms with Gasteiger partial charge in [0.2, 0.25) is 11.8 Å². The molecule has 0 fully saturated rings. The molecule has 2 N–H and O–H groups in total. The van der Waals surface area contributed by atoms with Gasteiger partial charge in [-0.15, -0.1) is 22.7 Å². The second-order valence-corrected chi connectivity index (χ2v) is 7.91. The summed E-state index contributed by atoms with van der Waals surface area (Å²) >= 11 is 2.99. The van der Waals surface area contributed by atoms with Gasteiger partial charge in [0.1, 0.15) is 0 Å². The number of nitrogens with one attached hydrogen (secondary N) is 1. The second-order valence-electron chi connectivity index (χ2n) is 5.97. The molecule has 2 aromatic rings. The number of carboxylic acids is 1. The number of thiazole rings is 1. The van der Waals surface area contributed by atoms with Crippen LogP contribution in [0.15, 0.2) is 16.8 Å². The molecule has 0 aliphatic carbocycles. The smallest absolute Gasteiger partial charge is 0.355 e. The fourth-order valence-corrected chi connectivity index (χ4v) is 4.42. The van der Waals surface area contributed by atoms with E-state index in [2.05, 4.69) is 16.4 Å². The van der Waals surface area contributed by atoms with Crippen LogP contribution in [0.4, 0.5) is 0 Å². The number of hydrogen-bond acceptors (Lipinski definition) is 6. The lowest BCUT2D eigenvalue weighted by molar-refractivity contribution is -0.134. The maximum absolute atomic E-state index is 12.3. The van der Waals surface area contributed by atoms with Crippen molar-refractivity contribution in [1.29, 1.82) is 0 Å². The minimum absolute atomic E-state index is 0.00280. The third-order valence-electron chi connectivity index (χ3n) is 4.16. The van der Waals surface area contributed by atoms with Crippen LogP contribution in [-0.4, -0.2) is 45.9 Å². The average molecular weight is 393 g/mol. The van der Waals surface area contributed by atoms with Gasteiger partial charge in [-0.25, -0.2) is 9.78 Å². The number of nitrogens with zero attached hydrogens (tertiary/aromatic N) is 2. The van der Waals surface area contributed by atoms with E-state index in [4.69, 9.17) is 5.11 Å². The highest BCUT2D eigenvalue weighted by Gasteiger charge is 2.21. The first-order valence-electron chi connectivity index (χ1n) is 8.30. The Bertz CT molecular complexity index is 815. The van der Waals surface area contributed by atoms with E-state index in [1.165, 1.54) is 27.2 Å². The second kappa shape index (κ2) is 8.41. The van der Waals surface area contributed by atoms with Gasteiger partial charge in [0, 0.05) is 49.2 Å². The van der Waals surface area contributed by atoms with Crippen LogP contribution >= 0.6 is 22.7 Å². The van der Waals surface area contributed by atoms with Crippen molar-refractivity contribution in [2.45, 2.75) is 32.2 Å². The number of carboxylic acid groups (broad SMARTS) is 1. The monoisotopic (exact) mass is 393 g/mol. The van der Waals surface area contributed by atoms with E-state index in [0.717, 1.165) is 6.42 Å². The van der Waals surface area contributed by atoms with Crippen LogP contribution in [0.1, 0.15) is 38.8 Å². The number of fused-ring (bicyclic) bond motifs is 1. The third-order valence-corrected chi connectivity index (χ3v) is 6.09. The van der Waals surface area contributed by atoms with Crippen LogP contribution in [0.5, 0.6) is 0 Å². The number of thiophene rings is 1.